The van der Waals surface area contributed by atoms with E-state index in [9.17, 15) is 5.11 Å². The first kappa shape index (κ1) is 12.3. The van der Waals surface area contributed by atoms with Gasteiger partial charge in [0.2, 0.25) is 0 Å². The van der Waals surface area contributed by atoms with Gasteiger partial charge in [-0.3, -0.25) is 0 Å². The number of benzene rings is 1. The van der Waals surface area contributed by atoms with Gasteiger partial charge >= 0.3 is 97.9 Å². The maximum absolute atomic E-state index is 9.47. The summed E-state index contributed by atoms with van der Waals surface area (Å²) < 4.78 is 1.35. The third-order valence-corrected chi connectivity index (χ3v) is 3.77. The minimum atomic E-state index is -0.874. The third kappa shape index (κ3) is 5.64. The fourth-order valence-electron chi connectivity index (χ4n) is 1.01. The van der Waals surface area contributed by atoms with Crippen molar-refractivity contribution in [2.24, 2.45) is 0 Å². The third-order valence-electron chi connectivity index (χ3n) is 1.64. The summed E-state index contributed by atoms with van der Waals surface area (Å²) in [6.07, 6.45) is 0. The molecule has 0 radical (unpaired) electrons. The van der Waals surface area contributed by atoms with Crippen molar-refractivity contribution in [1.82, 2.24) is 0 Å². The summed E-state index contributed by atoms with van der Waals surface area (Å²) in [7, 11) is 0. The first-order valence-corrected chi connectivity index (χ1v) is 6.79. The Hall–Kier alpha value is -0.741. The first-order chi connectivity index (χ1) is 6.97. The second-order valence-corrected chi connectivity index (χ2v) is 6.87. The van der Waals surface area contributed by atoms with Gasteiger partial charge in [0.15, 0.2) is 0 Å². The van der Waals surface area contributed by atoms with Crippen LogP contribution in [0.15, 0.2) is 30.3 Å². The van der Waals surface area contributed by atoms with E-state index in [1.54, 1.807) is 13.8 Å². The number of hydrogen-bond donors (Lipinski definition) is 1. The van der Waals surface area contributed by atoms with Crippen LogP contribution < -0.4 is 4.46 Å². The molecule has 0 aliphatic carbocycles. The van der Waals surface area contributed by atoms with Crippen molar-refractivity contribution in [2.45, 2.75) is 31.2 Å². The first-order valence-electron chi connectivity index (χ1n) is 4.94. The molecule has 80 valence electrons. The maximum atomic E-state index is 9.47. The van der Waals surface area contributed by atoms with Gasteiger partial charge in [0.05, 0.1) is 0 Å². The molecule has 15 heavy (non-hydrogen) atoms. The summed E-state index contributed by atoms with van der Waals surface area (Å²) in [5.74, 6) is 5.96. The number of rotatable bonds is 2. The fourth-order valence-corrected chi connectivity index (χ4v) is 2.77. The van der Waals surface area contributed by atoms with E-state index < -0.39 is 5.60 Å². The molecule has 0 spiro atoms. The van der Waals surface area contributed by atoms with Gasteiger partial charge in [0, 0.05) is 0 Å². The molecule has 0 amide bonds. The number of aliphatic hydroxyl groups is 1. The minimum absolute atomic E-state index is 0.339. The van der Waals surface area contributed by atoms with Crippen molar-refractivity contribution < 1.29 is 5.11 Å². The van der Waals surface area contributed by atoms with E-state index in [1.165, 1.54) is 4.46 Å². The van der Waals surface area contributed by atoms with E-state index in [-0.39, 0.29) is 0 Å². The summed E-state index contributed by atoms with van der Waals surface area (Å²) in [5.41, 5.74) is -0.874. The predicted molar refractivity (Wildman–Crippen MR) is 65.3 cm³/mol. The molecule has 0 aliphatic heterocycles. The molecule has 0 saturated carbocycles. The van der Waals surface area contributed by atoms with Crippen LogP contribution in [-0.4, -0.2) is 25.7 Å². The Labute approximate surface area is 98.1 Å². The van der Waals surface area contributed by atoms with Crippen LogP contribution in [0.25, 0.3) is 0 Å². The van der Waals surface area contributed by atoms with Crippen LogP contribution in [0.2, 0.25) is 4.82 Å². The molecule has 1 nitrogen and oxygen atoms in total. The van der Waals surface area contributed by atoms with Crippen molar-refractivity contribution in [3.63, 3.8) is 0 Å². The topological polar surface area (TPSA) is 20.2 Å². The van der Waals surface area contributed by atoms with Crippen LogP contribution in [0, 0.1) is 11.8 Å². The molecule has 1 aromatic rings. The van der Waals surface area contributed by atoms with Gasteiger partial charge < -0.3 is 0 Å². The molecular formula is C13H16OSe. The van der Waals surface area contributed by atoms with Crippen molar-refractivity contribution in [3.05, 3.63) is 30.3 Å². The molecule has 1 N–H and O–H groups in total. The van der Waals surface area contributed by atoms with Crippen molar-refractivity contribution >= 4 is 19.4 Å². The second-order valence-electron chi connectivity index (χ2n) is 3.90. The molecule has 1 rings (SSSR count). The zero-order chi connectivity index (χ0) is 11.3. The van der Waals surface area contributed by atoms with Gasteiger partial charge in [-0.05, 0) is 0 Å². The van der Waals surface area contributed by atoms with Gasteiger partial charge in [0.1, 0.15) is 0 Å². The van der Waals surface area contributed by atoms with Crippen molar-refractivity contribution in [3.8, 4) is 11.8 Å². The van der Waals surface area contributed by atoms with E-state index in [0.29, 0.717) is 19.8 Å². The molecule has 0 saturated heterocycles. The van der Waals surface area contributed by atoms with Gasteiger partial charge in [-0.25, -0.2) is 0 Å². The quantitative estimate of drug-likeness (QED) is 0.637. The molecular weight excluding hydrogens is 251 g/mol. The molecule has 0 aromatic heterocycles. The van der Waals surface area contributed by atoms with Crippen LogP contribution in [-0.2, 0) is 0 Å². The molecule has 1 atom stereocenters. The van der Waals surface area contributed by atoms with E-state index in [2.05, 4.69) is 30.9 Å². The van der Waals surface area contributed by atoms with Gasteiger partial charge in [-0.15, -0.1) is 0 Å². The molecule has 0 fully saturated rings. The molecule has 0 bridgehead atoms. The zero-order valence-electron chi connectivity index (χ0n) is 9.32. The van der Waals surface area contributed by atoms with Gasteiger partial charge in [-0.2, -0.15) is 0 Å². The van der Waals surface area contributed by atoms with E-state index in [4.69, 9.17) is 0 Å². The second kappa shape index (κ2) is 5.37. The Morgan fingerprint density at radius 1 is 1.27 bits per heavy atom. The van der Waals surface area contributed by atoms with E-state index in [1.807, 2.05) is 18.2 Å². The molecule has 1 aromatic carbocycles. The Morgan fingerprint density at radius 3 is 2.40 bits per heavy atom. The molecule has 0 aliphatic rings. The van der Waals surface area contributed by atoms with Crippen LogP contribution in [0.5, 0.6) is 0 Å². The predicted octanol–water partition coefficient (Wildman–Crippen LogP) is 1.60. The van der Waals surface area contributed by atoms with Crippen LogP contribution >= 0.6 is 0 Å². The Morgan fingerprint density at radius 2 is 1.87 bits per heavy atom. The van der Waals surface area contributed by atoms with Crippen LogP contribution in [0.4, 0.5) is 0 Å². The molecule has 0 heterocycles. The van der Waals surface area contributed by atoms with E-state index in [0.717, 1.165) is 0 Å². The van der Waals surface area contributed by atoms with Crippen LogP contribution in [0.1, 0.15) is 20.8 Å². The standard InChI is InChI=1S/C13H16OSe/c1-11(9-10-13(2,3)14)15-12-7-5-4-6-8-12/h4-8,11,14H,1-3H3. The van der Waals surface area contributed by atoms with Crippen molar-refractivity contribution in [2.75, 3.05) is 0 Å². The average molecular weight is 267 g/mol. The Kier molecular flexibility index (Phi) is 4.42. The normalized spacial score (nSPS) is 12.8. The summed E-state index contributed by atoms with van der Waals surface area (Å²) >= 11 is 0.361. The summed E-state index contributed by atoms with van der Waals surface area (Å²) in [6.45, 7) is 5.52. The van der Waals surface area contributed by atoms with Crippen molar-refractivity contribution in [1.29, 1.82) is 0 Å². The Bertz CT molecular complexity index is 354. The number of hydrogen-bond acceptors (Lipinski definition) is 1. The monoisotopic (exact) mass is 268 g/mol. The SMILES string of the molecule is CC(C#CC(C)(C)O)[Se]c1ccccc1. The van der Waals surface area contributed by atoms with Gasteiger partial charge in [0.25, 0.3) is 0 Å². The zero-order valence-corrected chi connectivity index (χ0v) is 11.0. The van der Waals surface area contributed by atoms with Crippen LogP contribution in [0.3, 0.4) is 0 Å². The summed E-state index contributed by atoms with van der Waals surface area (Å²) in [4.78, 5) is 0.339. The summed E-state index contributed by atoms with van der Waals surface area (Å²) in [6, 6.07) is 10.4. The average Bonchev–Trinajstić information content (AvgIpc) is 2.15. The fraction of sp³-hybridized carbons (Fsp3) is 0.385. The van der Waals surface area contributed by atoms with Gasteiger partial charge in [-0.1, -0.05) is 0 Å². The molecule has 2 heteroatoms. The summed E-state index contributed by atoms with van der Waals surface area (Å²) in [5, 5.41) is 9.47. The molecule has 1 unspecified atom stereocenters. The Balaban J connectivity index is 2.56. The van der Waals surface area contributed by atoms with E-state index >= 15 is 0 Å².